The van der Waals surface area contributed by atoms with Gasteiger partial charge in [0.2, 0.25) is 0 Å². The summed E-state index contributed by atoms with van der Waals surface area (Å²) in [4.78, 5) is 36.1. The molecule has 1 aromatic heterocycles. The molecule has 0 aliphatic rings. The Morgan fingerprint density at radius 1 is 1.61 bits per heavy atom. The van der Waals surface area contributed by atoms with E-state index in [9.17, 15) is 19.7 Å². The van der Waals surface area contributed by atoms with Crippen molar-refractivity contribution in [3.05, 3.63) is 28.1 Å². The maximum absolute atomic E-state index is 11.6. The molecule has 1 rings (SSSR count). The minimum Gasteiger partial charge on any atom is -0.479 e. The highest BCUT2D eigenvalue weighted by Crippen LogP contribution is 2.16. The molecule has 1 heterocycles. The Kier molecular flexibility index (Phi) is 4.38. The molecule has 1 amide bonds. The molecule has 9 heteroatoms. The Labute approximate surface area is 101 Å². The topological polar surface area (TPSA) is 124 Å². The number of rotatable bonds is 6. The summed E-state index contributed by atoms with van der Waals surface area (Å²) in [5, 5.41) is 18.9. The summed E-state index contributed by atoms with van der Waals surface area (Å²) >= 11 is 0. The third kappa shape index (κ3) is 3.28. The van der Waals surface area contributed by atoms with Gasteiger partial charge >= 0.3 is 5.97 Å². The van der Waals surface area contributed by atoms with Crippen molar-refractivity contribution >= 4 is 17.6 Å². The van der Waals surface area contributed by atoms with Gasteiger partial charge < -0.3 is 9.67 Å². The van der Waals surface area contributed by atoms with Crippen LogP contribution in [-0.2, 0) is 16.2 Å². The number of carbonyl (C=O) groups excluding carboxylic acids is 1. The number of carbonyl (C=O) groups is 2. The van der Waals surface area contributed by atoms with E-state index < -0.39 is 23.4 Å². The van der Waals surface area contributed by atoms with Crippen LogP contribution in [0.25, 0.3) is 0 Å². The Bertz CT molecular complexity index is 481. The molecule has 9 nitrogen and oxygen atoms in total. The van der Waals surface area contributed by atoms with Crippen LogP contribution in [0.1, 0.15) is 17.4 Å². The lowest BCUT2D eigenvalue weighted by Crippen LogP contribution is -2.28. The zero-order valence-corrected chi connectivity index (χ0v) is 9.45. The smallest absolute Gasteiger partial charge is 0.332 e. The third-order valence-corrected chi connectivity index (χ3v) is 2.03. The molecular formula is C9H11N3O6. The summed E-state index contributed by atoms with van der Waals surface area (Å²) in [6.07, 6.45) is 1.21. The van der Waals surface area contributed by atoms with Crippen molar-refractivity contribution < 1.29 is 24.5 Å². The van der Waals surface area contributed by atoms with E-state index in [1.54, 1.807) is 6.92 Å². The van der Waals surface area contributed by atoms with Crippen molar-refractivity contribution in [2.45, 2.75) is 13.5 Å². The number of aryl methyl sites for hydroxylation is 1. The minimum atomic E-state index is -1.24. The highest BCUT2D eigenvalue weighted by Gasteiger charge is 2.18. The summed E-state index contributed by atoms with van der Waals surface area (Å²) in [5.74, 6) is -1.99. The Balaban J connectivity index is 2.78. The molecule has 18 heavy (non-hydrogen) atoms. The molecule has 0 saturated carbocycles. The van der Waals surface area contributed by atoms with Gasteiger partial charge in [-0.2, -0.15) is 0 Å². The summed E-state index contributed by atoms with van der Waals surface area (Å²) in [5.41, 5.74) is 1.69. The molecule has 0 spiro atoms. The summed E-state index contributed by atoms with van der Waals surface area (Å²) in [6.45, 7) is 1.37. The van der Waals surface area contributed by atoms with E-state index in [-0.39, 0.29) is 11.4 Å². The second-order valence-electron chi connectivity index (χ2n) is 3.24. The fraction of sp³-hybridized carbons (Fsp3) is 0.333. The van der Waals surface area contributed by atoms with Crippen molar-refractivity contribution in [1.82, 2.24) is 10.0 Å². The maximum atomic E-state index is 11.6. The summed E-state index contributed by atoms with van der Waals surface area (Å²) in [7, 11) is 0. The quantitative estimate of drug-likeness (QED) is 0.552. The van der Waals surface area contributed by atoms with Crippen LogP contribution in [0.2, 0.25) is 0 Å². The highest BCUT2D eigenvalue weighted by molar-refractivity contribution is 5.92. The molecule has 0 aliphatic carbocycles. The van der Waals surface area contributed by atoms with Crippen LogP contribution in [0.4, 0.5) is 5.69 Å². The lowest BCUT2D eigenvalue weighted by Gasteiger charge is -2.05. The van der Waals surface area contributed by atoms with Crippen molar-refractivity contribution in [1.29, 1.82) is 0 Å². The first-order valence-corrected chi connectivity index (χ1v) is 4.94. The predicted molar refractivity (Wildman–Crippen MR) is 57.8 cm³/mol. The lowest BCUT2D eigenvalue weighted by molar-refractivity contribution is -0.384. The molecule has 0 aromatic carbocycles. The second kappa shape index (κ2) is 5.77. The van der Waals surface area contributed by atoms with E-state index in [1.165, 1.54) is 10.8 Å². The molecule has 0 saturated heterocycles. The maximum Gasteiger partial charge on any atom is 0.332 e. The molecule has 0 aliphatic heterocycles. The molecule has 0 radical (unpaired) electrons. The van der Waals surface area contributed by atoms with Crippen LogP contribution in [0.15, 0.2) is 12.3 Å². The van der Waals surface area contributed by atoms with E-state index >= 15 is 0 Å². The predicted octanol–water partition coefficient (Wildman–Crippen LogP) is 0.162. The van der Waals surface area contributed by atoms with Gasteiger partial charge in [-0.25, -0.2) is 10.3 Å². The Hall–Kier alpha value is -2.42. The van der Waals surface area contributed by atoms with Crippen molar-refractivity contribution in [2.24, 2.45) is 0 Å². The van der Waals surface area contributed by atoms with Crippen molar-refractivity contribution in [2.75, 3.05) is 6.61 Å². The minimum absolute atomic E-state index is 0.0228. The number of aromatic nitrogens is 1. The molecule has 98 valence electrons. The second-order valence-corrected chi connectivity index (χ2v) is 3.24. The standard InChI is InChI=1S/C9H11N3O6/c1-2-11-4-6(12(16)17)3-7(11)9(15)10-18-5-8(13)14/h3-4H,2,5H2,1H3,(H,10,15)(H,13,14). The van der Waals surface area contributed by atoms with Crippen LogP contribution in [-0.4, -0.2) is 33.1 Å². The van der Waals surface area contributed by atoms with Gasteiger partial charge in [0, 0.05) is 12.6 Å². The average molecular weight is 257 g/mol. The van der Waals surface area contributed by atoms with Gasteiger partial charge in [-0.3, -0.25) is 19.7 Å². The zero-order valence-electron chi connectivity index (χ0n) is 9.45. The molecule has 2 N–H and O–H groups in total. The number of amides is 1. The van der Waals surface area contributed by atoms with E-state index in [0.29, 0.717) is 6.54 Å². The Morgan fingerprint density at radius 3 is 2.78 bits per heavy atom. The normalized spacial score (nSPS) is 10.1. The monoisotopic (exact) mass is 257 g/mol. The van der Waals surface area contributed by atoms with Gasteiger partial charge in [0.1, 0.15) is 5.69 Å². The van der Waals surface area contributed by atoms with E-state index in [4.69, 9.17) is 5.11 Å². The first-order valence-electron chi connectivity index (χ1n) is 4.94. The molecule has 0 bridgehead atoms. The SMILES string of the molecule is CCn1cc([N+](=O)[O-])cc1C(=O)NOCC(=O)O. The molecule has 0 unspecified atom stereocenters. The van der Waals surface area contributed by atoms with Gasteiger partial charge in [-0.05, 0) is 6.92 Å². The van der Waals surface area contributed by atoms with E-state index in [0.717, 1.165) is 6.07 Å². The van der Waals surface area contributed by atoms with Gasteiger partial charge in [0.25, 0.3) is 11.6 Å². The zero-order chi connectivity index (χ0) is 13.7. The molecule has 0 fully saturated rings. The number of hydrogen-bond acceptors (Lipinski definition) is 5. The lowest BCUT2D eigenvalue weighted by atomic mass is 10.4. The van der Waals surface area contributed by atoms with Crippen molar-refractivity contribution in [3.8, 4) is 0 Å². The number of aliphatic carboxylic acids is 1. The number of nitrogens with zero attached hydrogens (tertiary/aromatic N) is 2. The van der Waals surface area contributed by atoms with Gasteiger partial charge in [-0.1, -0.05) is 0 Å². The number of carboxylic acids is 1. The van der Waals surface area contributed by atoms with Crippen LogP contribution in [0.3, 0.4) is 0 Å². The van der Waals surface area contributed by atoms with Gasteiger partial charge in [-0.15, -0.1) is 0 Å². The highest BCUT2D eigenvalue weighted by atomic mass is 16.7. The molecule has 0 atom stereocenters. The van der Waals surface area contributed by atoms with Gasteiger partial charge in [0.15, 0.2) is 6.61 Å². The number of hydroxylamine groups is 1. The third-order valence-electron chi connectivity index (χ3n) is 2.03. The van der Waals surface area contributed by atoms with Crippen LogP contribution < -0.4 is 5.48 Å². The molecular weight excluding hydrogens is 246 g/mol. The largest absolute Gasteiger partial charge is 0.479 e. The van der Waals surface area contributed by atoms with Gasteiger partial charge in [0.05, 0.1) is 11.1 Å². The summed E-state index contributed by atoms with van der Waals surface area (Å²) < 4.78 is 1.36. The van der Waals surface area contributed by atoms with E-state index in [1.807, 2.05) is 5.48 Å². The van der Waals surface area contributed by atoms with Crippen LogP contribution in [0.5, 0.6) is 0 Å². The van der Waals surface area contributed by atoms with Crippen LogP contribution >= 0.6 is 0 Å². The average Bonchev–Trinajstić information content (AvgIpc) is 2.72. The first-order chi connectivity index (χ1) is 8.45. The number of nitrogens with one attached hydrogen (secondary N) is 1. The van der Waals surface area contributed by atoms with Crippen molar-refractivity contribution in [3.63, 3.8) is 0 Å². The fourth-order valence-corrected chi connectivity index (χ4v) is 1.26. The van der Waals surface area contributed by atoms with E-state index in [2.05, 4.69) is 4.84 Å². The number of carboxylic acid groups (broad SMARTS) is 1. The molecule has 1 aromatic rings. The van der Waals surface area contributed by atoms with Crippen LogP contribution in [0, 0.1) is 10.1 Å². The first kappa shape index (κ1) is 13.6. The summed E-state index contributed by atoms with van der Waals surface area (Å²) in [6, 6.07) is 1.09. The number of hydrogen-bond donors (Lipinski definition) is 2. The fourth-order valence-electron chi connectivity index (χ4n) is 1.26. The Morgan fingerprint density at radius 2 is 2.28 bits per heavy atom. The number of nitro groups is 1.